The smallest absolute Gasteiger partial charge is 0.350 e. The Morgan fingerprint density at radius 2 is 1.98 bits per heavy atom. The number of anilines is 1. The molecule has 2 saturated heterocycles. The fourth-order valence-corrected chi connectivity index (χ4v) is 8.62. The number of carboxylic acid groups (broad SMARTS) is 1. The number of carbonyl (C=O) groups excluding carboxylic acids is 3. The van der Waals surface area contributed by atoms with Crippen LogP contribution in [0.4, 0.5) is 5.13 Å². The average Bonchev–Trinajstić information content (AvgIpc) is 3.82. The molecule has 0 aliphatic carbocycles. The molecule has 2 aromatic heterocycles. The Kier molecular flexibility index (Phi) is 10.9. The average molecular weight is 791 g/mol. The highest BCUT2D eigenvalue weighted by Crippen LogP contribution is 2.48. The predicted molar refractivity (Wildman–Crippen MR) is 192 cm³/mol. The van der Waals surface area contributed by atoms with Crippen LogP contribution in [0.25, 0.3) is 5.70 Å². The first-order chi connectivity index (χ1) is 25.2. The number of nitrogens with two attached hydrogens (primary N) is 1. The lowest BCUT2D eigenvalue weighted by Crippen LogP contribution is -2.62. The summed E-state index contributed by atoms with van der Waals surface area (Å²) in [5.41, 5.74) is 5.10. The molecule has 0 unspecified atom stereocenters. The van der Waals surface area contributed by atoms with Gasteiger partial charge in [0.15, 0.2) is 28.1 Å². The van der Waals surface area contributed by atoms with Gasteiger partial charge in [-0.3, -0.25) is 19.3 Å². The first kappa shape index (κ1) is 37.9. The summed E-state index contributed by atoms with van der Waals surface area (Å²) in [6.07, 6.45) is 2.72. The molecule has 0 radical (unpaired) electrons. The summed E-state index contributed by atoms with van der Waals surface area (Å²) in [5.74, 6) is -3.91. The van der Waals surface area contributed by atoms with Gasteiger partial charge >= 0.3 is 5.97 Å². The number of amides is 2. The number of fused-ring (bicyclic) bond motifs is 1. The summed E-state index contributed by atoms with van der Waals surface area (Å²) in [6.45, 7) is 5.59. The van der Waals surface area contributed by atoms with Crippen LogP contribution < -0.4 is 11.1 Å². The monoisotopic (exact) mass is 790 g/mol. The zero-order valence-electron chi connectivity index (χ0n) is 28.6. The number of carbonyl (C=O) groups is 4. The van der Waals surface area contributed by atoms with Gasteiger partial charge in [-0.2, -0.15) is 14.6 Å². The number of aromatic hydroxyl groups is 2. The first-order valence-electron chi connectivity index (χ1n) is 16.6. The number of tetrazole rings is 1. The number of hydrogen-bond acceptors (Lipinski definition) is 16. The van der Waals surface area contributed by atoms with Crippen LogP contribution in [0.5, 0.6) is 11.5 Å². The van der Waals surface area contributed by atoms with Crippen LogP contribution in [0.15, 0.2) is 22.9 Å². The lowest BCUT2D eigenvalue weighted by molar-refractivity contribution is -0.927. The van der Waals surface area contributed by atoms with Crippen molar-refractivity contribution >= 4 is 75.0 Å². The Morgan fingerprint density at radius 3 is 2.64 bits per heavy atom. The SMILES string of the molecule is CC(C)(O/N=C(\C(=O)C[C@@H]1C(=O)N2C(c3nn[nH]n3)=C(C[N+]3(CCNC(=O)c4ccc(O)c(O)c4Cl)CCCCC3)CS[C@H]12)c1nsc(N)n1)C(=O)O. The minimum atomic E-state index is -1.76. The summed E-state index contributed by atoms with van der Waals surface area (Å²) in [4.78, 5) is 63.0. The largest absolute Gasteiger partial charge is 0.504 e. The number of carboxylic acids is 1. The Labute approximate surface area is 315 Å². The van der Waals surface area contributed by atoms with Crippen LogP contribution in [-0.4, -0.2) is 133 Å². The molecule has 0 saturated carbocycles. The van der Waals surface area contributed by atoms with Gasteiger partial charge in [0.2, 0.25) is 23.2 Å². The first-order valence-corrected chi connectivity index (χ1v) is 18.8. The molecule has 3 aromatic rings. The number of hydrogen-bond donors (Lipinski definition) is 6. The van der Waals surface area contributed by atoms with Crippen LogP contribution in [0.1, 0.15) is 61.5 Å². The van der Waals surface area contributed by atoms with E-state index in [9.17, 15) is 34.5 Å². The van der Waals surface area contributed by atoms with E-state index in [-0.39, 0.29) is 45.4 Å². The highest BCUT2D eigenvalue weighted by atomic mass is 35.5. The molecule has 7 N–H and O–H groups in total. The third kappa shape index (κ3) is 7.78. The number of thioether (sulfide) groups is 1. The quantitative estimate of drug-likeness (QED) is 0.0445. The fourth-order valence-electron chi connectivity index (χ4n) is 6.54. The van der Waals surface area contributed by atoms with Crippen LogP contribution in [0.2, 0.25) is 5.02 Å². The second kappa shape index (κ2) is 15.2. The lowest BCUT2D eigenvalue weighted by atomic mass is 9.89. The molecule has 5 heterocycles. The Balaban J connectivity index is 1.21. The molecule has 3 aliphatic heterocycles. The number of benzene rings is 1. The van der Waals surface area contributed by atoms with E-state index in [4.69, 9.17) is 22.2 Å². The Morgan fingerprint density at radius 1 is 1.23 bits per heavy atom. The third-order valence-corrected chi connectivity index (χ3v) is 11.7. The number of oxime groups is 1. The molecular weight excluding hydrogens is 754 g/mol. The molecule has 0 spiro atoms. The number of aromatic nitrogens is 6. The van der Waals surface area contributed by atoms with Gasteiger partial charge in [0.25, 0.3) is 5.91 Å². The maximum Gasteiger partial charge on any atom is 0.350 e. The zero-order chi connectivity index (χ0) is 38.1. The number of nitrogens with one attached hydrogen (secondary N) is 2. The topological polar surface area (TPSA) is 272 Å². The molecule has 282 valence electrons. The number of aliphatic carboxylic acids is 1. The number of aromatic amines is 1. The molecular formula is C31H37ClN11O8S2+. The van der Waals surface area contributed by atoms with Gasteiger partial charge in [-0.25, -0.2) is 4.79 Å². The van der Waals surface area contributed by atoms with Crippen molar-refractivity contribution in [2.75, 3.05) is 44.2 Å². The number of Topliss-reactive ketones (excluding diaryl/α,β-unsaturated/α-hetero) is 1. The van der Waals surface area contributed by atoms with E-state index in [2.05, 4.69) is 40.5 Å². The normalized spacial score (nSPS) is 20.1. The van der Waals surface area contributed by atoms with Gasteiger partial charge in [-0.15, -0.1) is 22.0 Å². The van der Waals surface area contributed by atoms with E-state index < -0.39 is 46.1 Å². The van der Waals surface area contributed by atoms with Crippen molar-refractivity contribution in [1.82, 2.24) is 40.2 Å². The van der Waals surface area contributed by atoms with Gasteiger partial charge in [-0.05, 0) is 50.5 Å². The number of likely N-dealkylation sites (tertiary alicyclic amines) is 1. The third-order valence-electron chi connectivity index (χ3n) is 9.42. The molecule has 2 atom stereocenters. The highest BCUT2D eigenvalue weighted by molar-refractivity contribution is 8.00. The van der Waals surface area contributed by atoms with Gasteiger partial charge < -0.3 is 35.7 Å². The molecule has 0 bridgehead atoms. The molecule has 3 aliphatic rings. The van der Waals surface area contributed by atoms with Crippen LogP contribution in [-0.2, 0) is 19.2 Å². The molecule has 2 fully saturated rings. The van der Waals surface area contributed by atoms with Crippen molar-refractivity contribution in [2.45, 2.75) is 50.5 Å². The maximum atomic E-state index is 13.9. The van der Waals surface area contributed by atoms with Gasteiger partial charge in [0.1, 0.15) is 6.54 Å². The number of H-pyrrole nitrogens is 1. The zero-order valence-corrected chi connectivity index (χ0v) is 31.0. The van der Waals surface area contributed by atoms with Gasteiger partial charge in [-0.1, -0.05) is 16.8 Å². The van der Waals surface area contributed by atoms with Crippen molar-refractivity contribution in [1.29, 1.82) is 0 Å². The van der Waals surface area contributed by atoms with E-state index in [1.54, 1.807) is 4.90 Å². The van der Waals surface area contributed by atoms with Crippen molar-refractivity contribution in [3.63, 3.8) is 0 Å². The summed E-state index contributed by atoms with van der Waals surface area (Å²) in [5, 5.41) is 49.9. The van der Waals surface area contributed by atoms with E-state index in [1.807, 2.05) is 0 Å². The van der Waals surface area contributed by atoms with Crippen LogP contribution in [0.3, 0.4) is 0 Å². The Hall–Kier alpha value is -4.86. The van der Waals surface area contributed by atoms with E-state index >= 15 is 0 Å². The summed E-state index contributed by atoms with van der Waals surface area (Å²) in [6, 6.07) is 2.54. The van der Waals surface area contributed by atoms with Gasteiger partial charge in [0.05, 0.1) is 53.8 Å². The molecule has 22 heteroatoms. The molecule has 19 nitrogen and oxygen atoms in total. The second-order valence-corrected chi connectivity index (χ2v) is 15.7. The number of quaternary nitrogens is 1. The second-order valence-electron chi connectivity index (χ2n) is 13.4. The number of piperidine rings is 1. The van der Waals surface area contributed by atoms with E-state index in [0.717, 1.165) is 49.5 Å². The summed E-state index contributed by atoms with van der Waals surface area (Å²) < 4.78 is 4.67. The fraction of sp³-hybridized carbons (Fsp3) is 0.484. The maximum absolute atomic E-state index is 13.9. The predicted octanol–water partition coefficient (Wildman–Crippen LogP) is 1.61. The minimum Gasteiger partial charge on any atom is -0.504 e. The number of ketones is 1. The standard InChI is InChI=1S/C31H36ClN11O8S2/c1-31(2,29(49)50)51-38-21(24-35-30(33)53-39-24)19(45)12-17-27(48)42-22(25-36-40-41-37-25)15(14-52-28(17)42)13-43(9-4-3-5-10-43)11-8-34-26(47)16-6-7-18(44)23(46)20(16)32/h6-7,17,28H,3-5,8-14H2,1-2H3,(H6-,33,34,35,36,37,38,39,40,41,44,45,46,47,49,50)/p+1/t17-,28-/m1/s1. The number of β-lactam (4-membered cyclic amide) rings is 1. The lowest BCUT2D eigenvalue weighted by Gasteiger charge is -2.51. The number of halogens is 1. The van der Waals surface area contributed by atoms with Gasteiger partial charge in [0, 0.05) is 29.3 Å². The van der Waals surface area contributed by atoms with Crippen molar-refractivity contribution < 1.29 is 43.8 Å². The van der Waals surface area contributed by atoms with E-state index in [0.29, 0.717) is 35.6 Å². The number of nitrogen functional groups attached to an aromatic ring is 1. The minimum absolute atomic E-state index is 0.0373. The van der Waals surface area contributed by atoms with E-state index in [1.165, 1.54) is 37.7 Å². The van der Waals surface area contributed by atoms with Crippen molar-refractivity contribution in [3.8, 4) is 11.5 Å². The molecule has 6 rings (SSSR count). The summed E-state index contributed by atoms with van der Waals surface area (Å²) in [7, 11) is 0. The highest BCUT2D eigenvalue weighted by Gasteiger charge is 2.54. The molecule has 2 amide bonds. The number of phenolic OH excluding ortho intramolecular Hbond substituents is 2. The number of nitrogens with zero attached hydrogens (tertiary/aromatic N) is 8. The van der Waals surface area contributed by atoms with Crippen molar-refractivity contribution in [3.05, 3.63) is 39.9 Å². The van der Waals surface area contributed by atoms with Crippen LogP contribution in [0, 0.1) is 5.92 Å². The summed E-state index contributed by atoms with van der Waals surface area (Å²) >= 11 is 8.44. The Bertz CT molecular complexity index is 1980. The number of rotatable bonds is 14. The van der Waals surface area contributed by atoms with Crippen molar-refractivity contribution in [2.24, 2.45) is 11.1 Å². The molecule has 53 heavy (non-hydrogen) atoms. The molecule has 1 aromatic carbocycles. The number of phenols is 2. The van der Waals surface area contributed by atoms with Crippen LogP contribution >= 0.6 is 34.9 Å².